The van der Waals surface area contributed by atoms with E-state index in [2.05, 4.69) is 18.5 Å². The van der Waals surface area contributed by atoms with Crippen LogP contribution in [-0.2, 0) is 0 Å². The summed E-state index contributed by atoms with van der Waals surface area (Å²) in [7, 11) is 0. The molecule has 0 bridgehead atoms. The largest absolute Gasteiger partial charge is 0.387 e. The lowest BCUT2D eigenvalue weighted by atomic mass is 10.2. The standard InChI is InChI=1S/C9H18N2.C2H6/c1-4-5-6-7-8(2)11-9(3)10;1-2/h2,4-7H2,1,3H3,(H2,10,11);1-2H3. The van der Waals surface area contributed by atoms with Gasteiger partial charge in [-0.05, 0) is 19.8 Å². The van der Waals surface area contributed by atoms with Crippen LogP contribution in [0.25, 0.3) is 0 Å². The second-order valence-corrected chi connectivity index (χ2v) is 2.78. The quantitative estimate of drug-likeness (QED) is 0.396. The number of hydrogen-bond acceptors (Lipinski definition) is 1. The molecule has 0 unspecified atom stereocenters. The van der Waals surface area contributed by atoms with Crippen molar-refractivity contribution in [1.82, 2.24) is 0 Å². The smallest absolute Gasteiger partial charge is 0.0960 e. The van der Waals surface area contributed by atoms with Crippen LogP contribution in [-0.4, -0.2) is 5.84 Å². The van der Waals surface area contributed by atoms with E-state index in [0.717, 1.165) is 12.1 Å². The minimum Gasteiger partial charge on any atom is -0.387 e. The fourth-order valence-corrected chi connectivity index (χ4v) is 0.884. The number of allylic oxidation sites excluding steroid dienone is 1. The molecule has 0 amide bonds. The Morgan fingerprint density at radius 3 is 2.23 bits per heavy atom. The molecule has 0 radical (unpaired) electrons. The van der Waals surface area contributed by atoms with Gasteiger partial charge < -0.3 is 5.73 Å². The van der Waals surface area contributed by atoms with Crippen molar-refractivity contribution in [2.45, 2.75) is 53.4 Å². The highest BCUT2D eigenvalue weighted by molar-refractivity contribution is 5.78. The Bertz CT molecular complexity index is 144. The van der Waals surface area contributed by atoms with Gasteiger partial charge in [-0.3, -0.25) is 0 Å². The van der Waals surface area contributed by atoms with Gasteiger partial charge >= 0.3 is 0 Å². The molecule has 0 rings (SSSR count). The van der Waals surface area contributed by atoms with Crippen molar-refractivity contribution in [3.05, 3.63) is 12.3 Å². The summed E-state index contributed by atoms with van der Waals surface area (Å²) in [6.07, 6.45) is 4.63. The predicted octanol–water partition coefficient (Wildman–Crippen LogP) is 3.48. The highest BCUT2D eigenvalue weighted by Gasteiger charge is 1.90. The highest BCUT2D eigenvalue weighted by Crippen LogP contribution is 2.07. The molecule has 0 aliphatic heterocycles. The molecule has 0 spiro atoms. The monoisotopic (exact) mass is 184 g/mol. The molecule has 0 aliphatic rings. The van der Waals surface area contributed by atoms with E-state index in [9.17, 15) is 0 Å². The van der Waals surface area contributed by atoms with Crippen LogP contribution in [0.3, 0.4) is 0 Å². The first-order valence-corrected chi connectivity index (χ1v) is 5.15. The predicted molar refractivity (Wildman–Crippen MR) is 61.9 cm³/mol. The van der Waals surface area contributed by atoms with Crippen molar-refractivity contribution in [2.24, 2.45) is 10.7 Å². The maximum atomic E-state index is 5.39. The maximum Gasteiger partial charge on any atom is 0.0960 e. The Kier molecular flexibility index (Phi) is 12.7. The van der Waals surface area contributed by atoms with Crippen molar-refractivity contribution in [2.75, 3.05) is 0 Å². The fraction of sp³-hybridized carbons (Fsp3) is 0.727. The number of nitrogens with zero attached hydrogens (tertiary/aromatic N) is 1. The van der Waals surface area contributed by atoms with Crippen LogP contribution >= 0.6 is 0 Å². The molecule has 2 N–H and O–H groups in total. The summed E-state index contributed by atoms with van der Waals surface area (Å²) >= 11 is 0. The van der Waals surface area contributed by atoms with Crippen molar-refractivity contribution in [1.29, 1.82) is 0 Å². The molecule has 0 atom stereocenters. The van der Waals surface area contributed by atoms with Gasteiger partial charge in [-0.15, -0.1) is 0 Å². The zero-order chi connectivity index (χ0) is 10.7. The zero-order valence-electron chi connectivity index (χ0n) is 9.56. The molecular formula is C11H24N2. The summed E-state index contributed by atoms with van der Waals surface area (Å²) in [6, 6.07) is 0. The number of nitrogens with two attached hydrogens (primary N) is 1. The summed E-state index contributed by atoms with van der Waals surface area (Å²) < 4.78 is 0. The van der Waals surface area contributed by atoms with Crippen LogP contribution in [0.4, 0.5) is 0 Å². The number of hydrogen-bond donors (Lipinski definition) is 1. The fourth-order valence-electron chi connectivity index (χ4n) is 0.884. The molecule has 0 heterocycles. The van der Waals surface area contributed by atoms with Gasteiger partial charge in [0.2, 0.25) is 0 Å². The lowest BCUT2D eigenvalue weighted by molar-refractivity contribution is 0.711. The minimum atomic E-state index is 0.603. The molecular weight excluding hydrogens is 160 g/mol. The first kappa shape index (κ1) is 14.7. The number of amidine groups is 1. The molecule has 0 saturated heterocycles. The summed E-state index contributed by atoms with van der Waals surface area (Å²) in [4.78, 5) is 4.05. The molecule has 0 aromatic heterocycles. The van der Waals surface area contributed by atoms with Crippen molar-refractivity contribution in [3.63, 3.8) is 0 Å². The van der Waals surface area contributed by atoms with Gasteiger partial charge in [0.15, 0.2) is 0 Å². The maximum absolute atomic E-state index is 5.39. The Morgan fingerprint density at radius 1 is 1.31 bits per heavy atom. The normalized spacial score (nSPS) is 10.3. The van der Waals surface area contributed by atoms with Crippen LogP contribution in [0.15, 0.2) is 17.3 Å². The first-order valence-electron chi connectivity index (χ1n) is 5.15. The minimum absolute atomic E-state index is 0.603. The summed E-state index contributed by atoms with van der Waals surface area (Å²) in [5.74, 6) is 0.603. The van der Waals surface area contributed by atoms with Crippen LogP contribution in [0.2, 0.25) is 0 Å². The van der Waals surface area contributed by atoms with E-state index >= 15 is 0 Å². The van der Waals surface area contributed by atoms with Crippen molar-refractivity contribution in [3.8, 4) is 0 Å². The van der Waals surface area contributed by atoms with E-state index in [1.807, 2.05) is 13.8 Å². The number of aliphatic imine (C=N–C) groups is 1. The second-order valence-electron chi connectivity index (χ2n) is 2.78. The Balaban J connectivity index is 0. The van der Waals surface area contributed by atoms with E-state index in [1.165, 1.54) is 19.3 Å². The molecule has 0 aromatic carbocycles. The summed E-state index contributed by atoms with van der Waals surface area (Å²) in [5, 5.41) is 0. The lowest BCUT2D eigenvalue weighted by Gasteiger charge is -1.98. The molecule has 13 heavy (non-hydrogen) atoms. The number of rotatable bonds is 5. The molecule has 2 heteroatoms. The van der Waals surface area contributed by atoms with Gasteiger partial charge in [0.25, 0.3) is 0 Å². The van der Waals surface area contributed by atoms with Crippen molar-refractivity contribution < 1.29 is 0 Å². The van der Waals surface area contributed by atoms with Crippen LogP contribution < -0.4 is 5.73 Å². The average molecular weight is 184 g/mol. The Hall–Kier alpha value is -0.790. The number of unbranched alkanes of at least 4 members (excludes halogenated alkanes) is 2. The Morgan fingerprint density at radius 2 is 1.85 bits per heavy atom. The highest BCUT2D eigenvalue weighted by atomic mass is 14.8. The SMILES string of the molecule is C=C(CCCCC)N=C(C)N.CC. The van der Waals surface area contributed by atoms with Gasteiger partial charge in [-0.2, -0.15) is 0 Å². The molecule has 0 aliphatic carbocycles. The van der Waals surface area contributed by atoms with E-state index in [4.69, 9.17) is 5.73 Å². The first-order chi connectivity index (χ1) is 6.16. The van der Waals surface area contributed by atoms with Crippen LogP contribution in [0.5, 0.6) is 0 Å². The molecule has 78 valence electrons. The van der Waals surface area contributed by atoms with E-state index in [0.29, 0.717) is 5.84 Å². The van der Waals surface area contributed by atoms with Gasteiger partial charge in [-0.1, -0.05) is 40.2 Å². The van der Waals surface area contributed by atoms with E-state index < -0.39 is 0 Å². The lowest BCUT2D eigenvalue weighted by Crippen LogP contribution is -2.05. The second kappa shape index (κ2) is 11.2. The molecule has 0 saturated carbocycles. The topological polar surface area (TPSA) is 38.4 Å². The average Bonchev–Trinajstić information content (AvgIpc) is 2.07. The zero-order valence-corrected chi connectivity index (χ0v) is 9.56. The Labute approximate surface area is 82.9 Å². The van der Waals surface area contributed by atoms with Gasteiger partial charge in [0, 0.05) is 5.70 Å². The van der Waals surface area contributed by atoms with E-state index in [-0.39, 0.29) is 0 Å². The van der Waals surface area contributed by atoms with Crippen LogP contribution in [0.1, 0.15) is 53.4 Å². The third-order valence-electron chi connectivity index (χ3n) is 1.40. The molecule has 0 aromatic rings. The van der Waals surface area contributed by atoms with Crippen molar-refractivity contribution >= 4 is 5.84 Å². The van der Waals surface area contributed by atoms with Gasteiger partial charge in [0.05, 0.1) is 5.84 Å². The third kappa shape index (κ3) is 14.1. The molecule has 2 nitrogen and oxygen atoms in total. The summed E-state index contributed by atoms with van der Waals surface area (Å²) in [5.41, 5.74) is 6.29. The third-order valence-corrected chi connectivity index (χ3v) is 1.40. The molecule has 0 fully saturated rings. The van der Waals surface area contributed by atoms with Gasteiger partial charge in [-0.25, -0.2) is 4.99 Å². The van der Waals surface area contributed by atoms with Gasteiger partial charge in [0.1, 0.15) is 0 Å². The summed E-state index contributed by atoms with van der Waals surface area (Å²) in [6.45, 7) is 11.8. The van der Waals surface area contributed by atoms with Crippen LogP contribution in [0, 0.1) is 0 Å². The van der Waals surface area contributed by atoms with E-state index in [1.54, 1.807) is 6.92 Å².